The molecular formula is C24H25N3O4. The fraction of sp³-hybridized carbons (Fsp3) is 0.292. The number of fused-ring (bicyclic) bond motifs is 3. The van der Waals surface area contributed by atoms with Crippen LogP contribution in [0, 0.1) is 0 Å². The number of ether oxygens (including phenoxy) is 1. The minimum atomic E-state index is -1.01. The number of benzene rings is 2. The summed E-state index contributed by atoms with van der Waals surface area (Å²) in [6, 6.07) is 15.5. The van der Waals surface area contributed by atoms with Crippen LogP contribution >= 0.6 is 0 Å². The molecule has 0 fully saturated rings. The van der Waals surface area contributed by atoms with Gasteiger partial charge in [-0.25, -0.2) is 9.78 Å². The molecule has 0 aliphatic heterocycles. The topological polar surface area (TPSA) is 93.5 Å². The van der Waals surface area contributed by atoms with Gasteiger partial charge in [-0.3, -0.25) is 4.79 Å². The molecule has 0 bridgehead atoms. The van der Waals surface area contributed by atoms with E-state index in [-0.39, 0.29) is 18.9 Å². The number of carbonyl (C=O) groups excluding carboxylic acids is 1. The standard InChI is InChI=1S/C24H25N3O4/c1-2-11-27-15-25-13-22(27)21(12-23(28)29)26-24(30)31-14-20-18-9-5-3-7-16(18)17-8-4-6-10-19(17)20/h3-10,13,15,20-21H,2,11-12,14H2,1H3,(H,26,30)(H,28,29)/t21-/m1/s1. The molecule has 7 heteroatoms. The van der Waals surface area contributed by atoms with Gasteiger partial charge in [-0.05, 0) is 28.7 Å². The normalized spacial score (nSPS) is 13.3. The second-order valence-electron chi connectivity index (χ2n) is 7.63. The van der Waals surface area contributed by atoms with Crippen molar-refractivity contribution in [1.82, 2.24) is 14.9 Å². The molecular weight excluding hydrogens is 394 g/mol. The Hall–Kier alpha value is -3.61. The van der Waals surface area contributed by atoms with E-state index in [9.17, 15) is 14.7 Å². The van der Waals surface area contributed by atoms with Crippen LogP contribution < -0.4 is 5.32 Å². The predicted octanol–water partition coefficient (Wildman–Crippen LogP) is 4.35. The predicted molar refractivity (Wildman–Crippen MR) is 116 cm³/mol. The lowest BCUT2D eigenvalue weighted by molar-refractivity contribution is -0.137. The van der Waals surface area contributed by atoms with Crippen molar-refractivity contribution in [3.8, 4) is 11.1 Å². The quantitative estimate of drug-likeness (QED) is 0.566. The smallest absolute Gasteiger partial charge is 0.407 e. The van der Waals surface area contributed by atoms with Gasteiger partial charge in [-0.2, -0.15) is 0 Å². The van der Waals surface area contributed by atoms with Crippen LogP contribution in [0.5, 0.6) is 0 Å². The molecule has 3 aromatic rings. The molecule has 0 saturated carbocycles. The van der Waals surface area contributed by atoms with Gasteiger partial charge in [-0.15, -0.1) is 0 Å². The Morgan fingerprint density at radius 1 is 1.13 bits per heavy atom. The lowest BCUT2D eigenvalue weighted by Gasteiger charge is -2.20. The Morgan fingerprint density at radius 2 is 1.77 bits per heavy atom. The summed E-state index contributed by atoms with van der Waals surface area (Å²) in [5.41, 5.74) is 5.20. The first kappa shape index (κ1) is 20.7. The molecule has 2 aromatic carbocycles. The van der Waals surface area contributed by atoms with Crippen LogP contribution in [0.15, 0.2) is 61.1 Å². The van der Waals surface area contributed by atoms with Gasteiger partial charge in [0, 0.05) is 12.5 Å². The highest BCUT2D eigenvalue weighted by Crippen LogP contribution is 2.44. The summed E-state index contributed by atoms with van der Waals surface area (Å²) in [7, 11) is 0. The fourth-order valence-corrected chi connectivity index (χ4v) is 4.24. The summed E-state index contributed by atoms with van der Waals surface area (Å²) < 4.78 is 7.44. The summed E-state index contributed by atoms with van der Waals surface area (Å²) in [6.45, 7) is 2.89. The third-order valence-corrected chi connectivity index (χ3v) is 5.58. The average Bonchev–Trinajstić information content (AvgIpc) is 3.34. The number of carboxylic acid groups (broad SMARTS) is 1. The number of carboxylic acids is 1. The number of imidazole rings is 1. The molecule has 1 aliphatic carbocycles. The van der Waals surface area contributed by atoms with Gasteiger partial charge in [0.1, 0.15) is 6.61 Å². The maximum Gasteiger partial charge on any atom is 0.407 e. The van der Waals surface area contributed by atoms with Crippen LogP contribution in [0.2, 0.25) is 0 Å². The molecule has 0 saturated heterocycles. The van der Waals surface area contributed by atoms with Crippen LogP contribution in [0.25, 0.3) is 11.1 Å². The number of amides is 1. The summed E-state index contributed by atoms with van der Waals surface area (Å²) in [4.78, 5) is 28.1. The van der Waals surface area contributed by atoms with E-state index in [1.54, 1.807) is 12.5 Å². The number of hydrogen-bond donors (Lipinski definition) is 2. The summed E-state index contributed by atoms with van der Waals surface area (Å²) in [6.07, 6.45) is 3.21. The Balaban J connectivity index is 1.48. The second kappa shape index (κ2) is 9.04. The summed E-state index contributed by atoms with van der Waals surface area (Å²) >= 11 is 0. The van der Waals surface area contributed by atoms with E-state index in [0.29, 0.717) is 12.2 Å². The van der Waals surface area contributed by atoms with Gasteiger partial charge < -0.3 is 19.7 Å². The molecule has 1 amide bonds. The van der Waals surface area contributed by atoms with E-state index in [1.165, 1.54) is 0 Å². The maximum absolute atomic E-state index is 12.6. The lowest BCUT2D eigenvalue weighted by atomic mass is 9.98. The molecule has 31 heavy (non-hydrogen) atoms. The number of aromatic nitrogens is 2. The van der Waals surface area contributed by atoms with Gasteiger partial charge in [0.15, 0.2) is 0 Å². The minimum Gasteiger partial charge on any atom is -0.481 e. The van der Waals surface area contributed by atoms with Crippen molar-refractivity contribution in [3.63, 3.8) is 0 Å². The molecule has 1 aliphatic rings. The van der Waals surface area contributed by atoms with Crippen molar-refractivity contribution in [3.05, 3.63) is 77.9 Å². The molecule has 1 heterocycles. The second-order valence-corrected chi connectivity index (χ2v) is 7.63. The van der Waals surface area contributed by atoms with Crippen molar-refractivity contribution >= 4 is 12.1 Å². The van der Waals surface area contributed by atoms with Crippen LogP contribution in [0.1, 0.15) is 48.5 Å². The molecule has 4 rings (SSSR count). The molecule has 0 unspecified atom stereocenters. The molecule has 7 nitrogen and oxygen atoms in total. The molecule has 1 aromatic heterocycles. The van der Waals surface area contributed by atoms with Crippen LogP contribution in [0.4, 0.5) is 4.79 Å². The summed E-state index contributed by atoms with van der Waals surface area (Å²) in [5, 5.41) is 12.0. The number of hydrogen-bond acceptors (Lipinski definition) is 4. The highest BCUT2D eigenvalue weighted by atomic mass is 16.5. The first-order chi connectivity index (χ1) is 15.1. The van der Waals surface area contributed by atoms with Crippen molar-refractivity contribution in [2.45, 2.75) is 38.3 Å². The van der Waals surface area contributed by atoms with Crippen molar-refractivity contribution in [2.75, 3.05) is 6.61 Å². The lowest BCUT2D eigenvalue weighted by Crippen LogP contribution is -2.33. The highest BCUT2D eigenvalue weighted by molar-refractivity contribution is 5.79. The Kier molecular flexibility index (Phi) is 6.02. The van der Waals surface area contributed by atoms with Gasteiger partial charge >= 0.3 is 12.1 Å². The molecule has 1 atom stereocenters. The molecule has 0 spiro atoms. The largest absolute Gasteiger partial charge is 0.481 e. The van der Waals surface area contributed by atoms with Gasteiger partial charge in [0.2, 0.25) is 0 Å². The number of alkyl carbamates (subject to hydrolysis) is 1. The van der Waals surface area contributed by atoms with E-state index in [1.807, 2.05) is 35.8 Å². The maximum atomic E-state index is 12.6. The van der Waals surface area contributed by atoms with E-state index in [2.05, 4.69) is 34.6 Å². The van der Waals surface area contributed by atoms with Crippen LogP contribution in [-0.2, 0) is 16.1 Å². The number of nitrogens with zero attached hydrogens (tertiary/aromatic N) is 2. The number of aryl methyl sites for hydroxylation is 1. The first-order valence-electron chi connectivity index (χ1n) is 10.4. The molecule has 2 N–H and O–H groups in total. The number of carbonyl (C=O) groups is 2. The average molecular weight is 419 g/mol. The van der Waals surface area contributed by atoms with E-state index in [4.69, 9.17) is 4.74 Å². The zero-order valence-corrected chi connectivity index (χ0v) is 17.3. The van der Waals surface area contributed by atoms with Crippen molar-refractivity contribution < 1.29 is 19.4 Å². The molecule has 160 valence electrons. The minimum absolute atomic E-state index is 0.0540. The number of aliphatic carboxylic acids is 1. The van der Waals surface area contributed by atoms with Crippen molar-refractivity contribution in [1.29, 1.82) is 0 Å². The van der Waals surface area contributed by atoms with E-state index < -0.39 is 18.1 Å². The number of rotatable bonds is 8. The highest BCUT2D eigenvalue weighted by Gasteiger charge is 2.29. The third kappa shape index (κ3) is 4.30. The Bertz CT molecular complexity index is 1050. The van der Waals surface area contributed by atoms with E-state index in [0.717, 1.165) is 28.7 Å². The zero-order chi connectivity index (χ0) is 21.8. The Morgan fingerprint density at radius 3 is 2.39 bits per heavy atom. The van der Waals surface area contributed by atoms with Crippen LogP contribution in [-0.4, -0.2) is 33.3 Å². The third-order valence-electron chi connectivity index (χ3n) is 5.58. The van der Waals surface area contributed by atoms with Gasteiger partial charge in [0.05, 0.1) is 30.7 Å². The first-order valence-corrected chi connectivity index (χ1v) is 10.4. The van der Waals surface area contributed by atoms with Gasteiger partial charge in [0.25, 0.3) is 0 Å². The SMILES string of the molecule is CCCn1cncc1[C@@H](CC(=O)O)NC(=O)OCC1c2ccccc2-c2ccccc21. The molecule has 0 radical (unpaired) electrons. The Labute approximate surface area is 180 Å². The van der Waals surface area contributed by atoms with Gasteiger partial charge in [-0.1, -0.05) is 55.5 Å². The summed E-state index contributed by atoms with van der Waals surface area (Å²) in [5.74, 6) is -1.06. The zero-order valence-electron chi connectivity index (χ0n) is 17.3. The van der Waals surface area contributed by atoms with Crippen LogP contribution in [0.3, 0.4) is 0 Å². The van der Waals surface area contributed by atoms with Crippen molar-refractivity contribution in [2.24, 2.45) is 0 Å². The number of nitrogens with one attached hydrogen (secondary N) is 1. The fourth-order valence-electron chi connectivity index (χ4n) is 4.24. The van der Waals surface area contributed by atoms with E-state index >= 15 is 0 Å². The monoisotopic (exact) mass is 419 g/mol.